The third-order valence-corrected chi connectivity index (χ3v) is 5.48. The first kappa shape index (κ1) is 16.7. The van der Waals surface area contributed by atoms with Crippen molar-refractivity contribution < 1.29 is 13.2 Å². The number of aryl methyl sites for hydroxylation is 1. The smallest absolute Gasteiger partial charge is 0.267 e. The lowest BCUT2D eigenvalue weighted by Gasteiger charge is -2.32. The van der Waals surface area contributed by atoms with Crippen molar-refractivity contribution in [2.45, 2.75) is 19.0 Å². The third-order valence-electron chi connectivity index (χ3n) is 4.26. The highest BCUT2D eigenvalue weighted by Crippen LogP contribution is 2.24. The van der Waals surface area contributed by atoms with Gasteiger partial charge in [-0.15, -0.1) is 0 Å². The molecule has 1 N–H and O–H groups in total. The Labute approximate surface area is 141 Å². The monoisotopic (exact) mass is 351 g/mol. The molecular formula is C15H21N5O3S. The minimum atomic E-state index is -3.26. The average molecular weight is 351 g/mol. The van der Waals surface area contributed by atoms with Gasteiger partial charge in [0.2, 0.25) is 10.0 Å². The van der Waals surface area contributed by atoms with E-state index >= 15 is 0 Å². The van der Waals surface area contributed by atoms with Gasteiger partial charge in [-0.25, -0.2) is 8.42 Å². The summed E-state index contributed by atoms with van der Waals surface area (Å²) in [5, 5.41) is 7.18. The maximum absolute atomic E-state index is 12.1. The summed E-state index contributed by atoms with van der Waals surface area (Å²) in [6.45, 7) is 1.16. The number of nitrogens with zero attached hydrogens (tertiary/aromatic N) is 4. The van der Waals surface area contributed by atoms with Crippen LogP contribution in [0.5, 0.6) is 0 Å². The highest BCUT2D eigenvalue weighted by atomic mass is 32.2. The standard InChI is InChI=1S/C15H21N5O3S/c1-18-9-3-4-14(18)15(21)16-7-5-12-10-19(24(2,22)23)11-13-6-8-17-20(12)13/h3-4,6,8-9,12H,5,7,10-11H2,1-2H3,(H,16,21)/t12-/m0/s1. The molecule has 0 saturated heterocycles. The van der Waals surface area contributed by atoms with Gasteiger partial charge in [0.25, 0.3) is 5.91 Å². The van der Waals surface area contributed by atoms with Crippen LogP contribution in [0.15, 0.2) is 30.6 Å². The first-order chi connectivity index (χ1) is 11.4. The van der Waals surface area contributed by atoms with Gasteiger partial charge >= 0.3 is 0 Å². The summed E-state index contributed by atoms with van der Waals surface area (Å²) >= 11 is 0. The lowest BCUT2D eigenvalue weighted by Crippen LogP contribution is -2.41. The molecule has 2 aromatic heterocycles. The van der Waals surface area contributed by atoms with E-state index in [-0.39, 0.29) is 11.9 Å². The van der Waals surface area contributed by atoms with Gasteiger partial charge in [0.15, 0.2) is 0 Å². The lowest BCUT2D eigenvalue weighted by molar-refractivity contribution is 0.0941. The summed E-state index contributed by atoms with van der Waals surface area (Å²) in [6.07, 6.45) is 5.32. The SMILES string of the molecule is Cn1cccc1C(=O)NCC[C@H]1CN(S(C)(=O)=O)Cc2ccnn21. The Morgan fingerprint density at radius 3 is 2.88 bits per heavy atom. The molecule has 3 heterocycles. The molecule has 24 heavy (non-hydrogen) atoms. The molecule has 0 radical (unpaired) electrons. The van der Waals surface area contributed by atoms with Crippen molar-refractivity contribution in [1.29, 1.82) is 0 Å². The van der Waals surface area contributed by atoms with Crippen molar-refractivity contribution >= 4 is 15.9 Å². The van der Waals surface area contributed by atoms with E-state index < -0.39 is 10.0 Å². The summed E-state index contributed by atoms with van der Waals surface area (Å²) in [5.74, 6) is -0.140. The maximum Gasteiger partial charge on any atom is 0.267 e. The number of carbonyl (C=O) groups excluding carboxylic acids is 1. The van der Waals surface area contributed by atoms with Crippen LogP contribution in [-0.4, -0.2) is 52.3 Å². The Morgan fingerprint density at radius 2 is 2.21 bits per heavy atom. The molecule has 1 atom stereocenters. The fraction of sp³-hybridized carbons (Fsp3) is 0.467. The normalized spacial score (nSPS) is 18.3. The average Bonchev–Trinajstić information content (AvgIpc) is 3.14. The fourth-order valence-electron chi connectivity index (χ4n) is 2.96. The summed E-state index contributed by atoms with van der Waals surface area (Å²) in [5.41, 5.74) is 1.46. The van der Waals surface area contributed by atoms with Crippen molar-refractivity contribution in [3.63, 3.8) is 0 Å². The Balaban J connectivity index is 1.64. The van der Waals surface area contributed by atoms with Gasteiger partial charge in [-0.2, -0.15) is 9.40 Å². The van der Waals surface area contributed by atoms with Crippen LogP contribution in [0.1, 0.15) is 28.6 Å². The molecule has 130 valence electrons. The van der Waals surface area contributed by atoms with Crippen molar-refractivity contribution in [2.24, 2.45) is 7.05 Å². The third kappa shape index (κ3) is 3.36. The molecule has 8 nitrogen and oxygen atoms in total. The lowest BCUT2D eigenvalue weighted by atomic mass is 10.1. The number of rotatable bonds is 5. The molecule has 0 aliphatic carbocycles. The van der Waals surface area contributed by atoms with Crippen LogP contribution < -0.4 is 5.32 Å². The molecule has 0 spiro atoms. The molecule has 0 unspecified atom stereocenters. The first-order valence-corrected chi connectivity index (χ1v) is 9.58. The number of hydrogen-bond donors (Lipinski definition) is 1. The zero-order chi connectivity index (χ0) is 17.3. The molecule has 1 aliphatic heterocycles. The van der Waals surface area contributed by atoms with Crippen LogP contribution in [-0.2, 0) is 23.6 Å². The first-order valence-electron chi connectivity index (χ1n) is 7.73. The number of carbonyl (C=O) groups is 1. The molecule has 3 rings (SSSR count). The van der Waals surface area contributed by atoms with Crippen LogP contribution in [0, 0.1) is 0 Å². The van der Waals surface area contributed by atoms with Crippen molar-refractivity contribution in [3.8, 4) is 0 Å². The van der Waals surface area contributed by atoms with Gasteiger partial charge in [0.1, 0.15) is 5.69 Å². The van der Waals surface area contributed by atoms with E-state index in [1.54, 1.807) is 16.8 Å². The van der Waals surface area contributed by atoms with E-state index in [1.165, 1.54) is 10.6 Å². The van der Waals surface area contributed by atoms with Gasteiger partial charge in [-0.05, 0) is 24.6 Å². The predicted octanol–water partition coefficient (Wildman–Crippen LogP) is 0.358. The number of nitrogens with one attached hydrogen (secondary N) is 1. The Morgan fingerprint density at radius 1 is 1.42 bits per heavy atom. The molecular weight excluding hydrogens is 330 g/mol. The van der Waals surface area contributed by atoms with E-state index in [4.69, 9.17) is 0 Å². The van der Waals surface area contributed by atoms with Crippen molar-refractivity contribution in [2.75, 3.05) is 19.3 Å². The predicted molar refractivity (Wildman–Crippen MR) is 88.9 cm³/mol. The Bertz CT molecular complexity index is 839. The number of aromatic nitrogens is 3. The fourth-order valence-corrected chi connectivity index (χ4v) is 3.77. The van der Waals surface area contributed by atoms with E-state index in [1.807, 2.05) is 30.1 Å². The Hall–Kier alpha value is -2.13. The van der Waals surface area contributed by atoms with Gasteiger partial charge in [0.05, 0.1) is 24.5 Å². The molecule has 0 fully saturated rings. The van der Waals surface area contributed by atoms with Crippen molar-refractivity contribution in [1.82, 2.24) is 24.0 Å². The zero-order valence-electron chi connectivity index (χ0n) is 13.7. The van der Waals surface area contributed by atoms with Crippen LogP contribution >= 0.6 is 0 Å². The van der Waals surface area contributed by atoms with Crippen LogP contribution in [0.4, 0.5) is 0 Å². The number of amides is 1. The largest absolute Gasteiger partial charge is 0.351 e. The van der Waals surface area contributed by atoms with Crippen LogP contribution in [0.3, 0.4) is 0 Å². The summed E-state index contributed by atoms with van der Waals surface area (Å²) in [6, 6.07) is 5.31. The highest BCUT2D eigenvalue weighted by Gasteiger charge is 2.30. The molecule has 2 aromatic rings. The van der Waals surface area contributed by atoms with E-state index in [2.05, 4.69) is 10.4 Å². The van der Waals surface area contributed by atoms with Crippen LogP contribution in [0.25, 0.3) is 0 Å². The molecule has 0 aromatic carbocycles. The minimum Gasteiger partial charge on any atom is -0.351 e. The maximum atomic E-state index is 12.1. The topological polar surface area (TPSA) is 89.2 Å². The summed E-state index contributed by atoms with van der Waals surface area (Å²) in [7, 11) is -1.44. The van der Waals surface area contributed by atoms with Crippen LogP contribution in [0.2, 0.25) is 0 Å². The molecule has 1 amide bonds. The van der Waals surface area contributed by atoms with Gasteiger partial charge < -0.3 is 9.88 Å². The summed E-state index contributed by atoms with van der Waals surface area (Å²) < 4.78 is 28.8. The van der Waals surface area contributed by atoms with E-state index in [0.717, 1.165) is 5.69 Å². The minimum absolute atomic E-state index is 0.0906. The van der Waals surface area contributed by atoms with Gasteiger partial charge in [-0.1, -0.05) is 0 Å². The van der Waals surface area contributed by atoms with Crippen molar-refractivity contribution in [3.05, 3.63) is 42.0 Å². The van der Waals surface area contributed by atoms with E-state index in [9.17, 15) is 13.2 Å². The highest BCUT2D eigenvalue weighted by molar-refractivity contribution is 7.88. The zero-order valence-corrected chi connectivity index (χ0v) is 14.5. The van der Waals surface area contributed by atoms with Gasteiger partial charge in [0, 0.05) is 32.5 Å². The number of sulfonamides is 1. The second-order valence-corrected chi connectivity index (χ2v) is 8.01. The van der Waals surface area contributed by atoms with Gasteiger partial charge in [-0.3, -0.25) is 9.48 Å². The Kier molecular flexibility index (Phi) is 4.46. The second-order valence-electron chi connectivity index (χ2n) is 6.03. The molecule has 1 aliphatic rings. The number of fused-ring (bicyclic) bond motifs is 1. The quantitative estimate of drug-likeness (QED) is 0.842. The summed E-state index contributed by atoms with van der Waals surface area (Å²) in [4.78, 5) is 12.1. The second kappa shape index (κ2) is 6.40. The van der Waals surface area contributed by atoms with E-state index in [0.29, 0.717) is 31.7 Å². The molecule has 0 bridgehead atoms. The molecule has 9 heteroatoms. The number of hydrogen-bond acceptors (Lipinski definition) is 4. The molecule has 0 saturated carbocycles.